The van der Waals surface area contributed by atoms with Crippen molar-refractivity contribution < 1.29 is 9.18 Å². The predicted octanol–water partition coefficient (Wildman–Crippen LogP) is 3.49. The van der Waals surface area contributed by atoms with E-state index in [2.05, 4.69) is 14.9 Å². The highest BCUT2D eigenvalue weighted by atomic mass is 19.1. The van der Waals surface area contributed by atoms with Crippen molar-refractivity contribution in [1.29, 1.82) is 0 Å². The van der Waals surface area contributed by atoms with Gasteiger partial charge in [-0.2, -0.15) is 0 Å². The van der Waals surface area contributed by atoms with Gasteiger partial charge in [0.15, 0.2) is 0 Å². The number of imidazole rings is 1. The second kappa shape index (κ2) is 6.63. The third-order valence-corrected chi connectivity index (χ3v) is 4.66. The Balaban J connectivity index is 1.40. The van der Waals surface area contributed by atoms with Gasteiger partial charge in [0.1, 0.15) is 11.5 Å². The average molecular weight is 350 g/mol. The lowest BCUT2D eigenvalue weighted by molar-refractivity contribution is 0.0945. The Kier molecular flexibility index (Phi) is 4.16. The van der Waals surface area contributed by atoms with Gasteiger partial charge in [-0.25, -0.2) is 9.37 Å². The molecule has 26 heavy (non-hydrogen) atoms. The molecule has 0 aliphatic rings. The fourth-order valence-corrected chi connectivity index (χ4v) is 3.27. The second-order valence-electron chi connectivity index (χ2n) is 6.30. The first kappa shape index (κ1) is 16.3. The summed E-state index contributed by atoms with van der Waals surface area (Å²) in [5.74, 6) is -0.511. The van der Waals surface area contributed by atoms with E-state index in [9.17, 15) is 9.18 Å². The number of rotatable bonds is 5. The number of nitrogens with zero attached hydrogens (tertiary/aromatic N) is 3. The minimum Gasteiger partial charge on any atom is -0.351 e. The molecule has 0 bridgehead atoms. The summed E-state index contributed by atoms with van der Waals surface area (Å²) in [6.45, 7) is 1.31. The van der Waals surface area contributed by atoms with Crippen LogP contribution in [-0.2, 0) is 13.6 Å². The molecule has 1 amide bonds. The van der Waals surface area contributed by atoms with Crippen molar-refractivity contribution in [1.82, 2.24) is 19.4 Å². The second-order valence-corrected chi connectivity index (χ2v) is 6.30. The molecule has 0 atom stereocenters. The number of amides is 1. The van der Waals surface area contributed by atoms with Gasteiger partial charge in [-0.1, -0.05) is 18.2 Å². The highest BCUT2D eigenvalue weighted by Gasteiger charge is 2.14. The van der Waals surface area contributed by atoms with Crippen LogP contribution >= 0.6 is 0 Å². The van der Waals surface area contributed by atoms with Gasteiger partial charge in [0, 0.05) is 25.5 Å². The molecular formula is C20H19FN4O. The maximum absolute atomic E-state index is 13.9. The molecule has 2 aromatic heterocycles. The Morgan fingerprint density at radius 2 is 1.96 bits per heavy atom. The van der Waals surface area contributed by atoms with Gasteiger partial charge in [-0.15, -0.1) is 0 Å². The number of hydrogen-bond acceptors (Lipinski definition) is 2. The summed E-state index contributed by atoms with van der Waals surface area (Å²) in [5, 5.41) is 3.38. The largest absolute Gasteiger partial charge is 0.351 e. The number of hydrogen-bond donors (Lipinski definition) is 1. The molecular weight excluding hydrogens is 331 g/mol. The van der Waals surface area contributed by atoms with Crippen LogP contribution in [0.2, 0.25) is 0 Å². The molecule has 4 aromatic rings. The standard InChI is InChI=1S/C20H19FN4O/c1-24-17-9-4-6-15(21)14(17)12-19(24)20(26)22-10-5-11-25-13-23-16-7-2-3-8-18(16)25/h2-4,6-9,12-13H,5,10-11H2,1H3,(H,22,26). The maximum Gasteiger partial charge on any atom is 0.267 e. The number of benzene rings is 2. The minimum atomic E-state index is -0.316. The summed E-state index contributed by atoms with van der Waals surface area (Å²) in [6, 6.07) is 14.4. The zero-order chi connectivity index (χ0) is 18.1. The number of fused-ring (bicyclic) bond motifs is 2. The Labute approximate surface area is 150 Å². The molecule has 5 nitrogen and oxygen atoms in total. The van der Waals surface area contributed by atoms with Crippen LogP contribution in [0.5, 0.6) is 0 Å². The number of nitrogens with one attached hydrogen (secondary N) is 1. The van der Waals surface area contributed by atoms with Crippen LogP contribution in [0.4, 0.5) is 4.39 Å². The van der Waals surface area contributed by atoms with Crippen molar-refractivity contribution in [3.8, 4) is 0 Å². The van der Waals surface area contributed by atoms with E-state index in [1.165, 1.54) is 6.07 Å². The molecule has 1 N–H and O–H groups in total. The molecule has 0 unspecified atom stereocenters. The molecule has 0 aliphatic heterocycles. The summed E-state index contributed by atoms with van der Waals surface area (Å²) < 4.78 is 17.7. The summed E-state index contributed by atoms with van der Waals surface area (Å²) in [5.41, 5.74) is 3.22. The van der Waals surface area contributed by atoms with Crippen molar-refractivity contribution in [2.75, 3.05) is 6.54 Å². The Hall–Kier alpha value is -3.15. The van der Waals surface area contributed by atoms with Crippen LogP contribution < -0.4 is 5.32 Å². The van der Waals surface area contributed by atoms with Crippen LogP contribution in [0.25, 0.3) is 21.9 Å². The van der Waals surface area contributed by atoms with Gasteiger partial charge >= 0.3 is 0 Å². The van der Waals surface area contributed by atoms with E-state index in [0.717, 1.165) is 24.0 Å². The van der Waals surface area contributed by atoms with E-state index in [1.807, 2.05) is 30.6 Å². The molecule has 0 radical (unpaired) electrons. The first-order valence-electron chi connectivity index (χ1n) is 8.57. The molecule has 2 heterocycles. The van der Waals surface area contributed by atoms with Crippen LogP contribution in [0.1, 0.15) is 16.9 Å². The monoisotopic (exact) mass is 350 g/mol. The summed E-state index contributed by atoms with van der Waals surface area (Å²) >= 11 is 0. The first-order chi connectivity index (χ1) is 12.6. The van der Waals surface area contributed by atoms with Crippen LogP contribution in [0.3, 0.4) is 0 Å². The van der Waals surface area contributed by atoms with Crippen molar-refractivity contribution >= 4 is 27.8 Å². The molecule has 0 saturated carbocycles. The lowest BCUT2D eigenvalue weighted by Gasteiger charge is -2.07. The molecule has 0 aliphatic carbocycles. The van der Waals surface area contributed by atoms with E-state index >= 15 is 0 Å². The SMILES string of the molecule is Cn1c(C(=O)NCCCn2cnc3ccccc32)cc2c(F)cccc21. The van der Waals surface area contributed by atoms with E-state index in [0.29, 0.717) is 23.1 Å². The third kappa shape index (κ3) is 2.83. The number of aromatic nitrogens is 3. The quantitative estimate of drug-likeness (QED) is 0.560. The Morgan fingerprint density at radius 1 is 1.15 bits per heavy atom. The van der Waals surface area contributed by atoms with E-state index < -0.39 is 0 Å². The number of carbonyl (C=O) groups excluding carboxylic acids is 1. The fourth-order valence-electron chi connectivity index (χ4n) is 3.27. The molecule has 0 saturated heterocycles. The minimum absolute atomic E-state index is 0.196. The van der Waals surface area contributed by atoms with Crippen LogP contribution in [-0.4, -0.2) is 26.6 Å². The van der Waals surface area contributed by atoms with Gasteiger partial charge in [-0.05, 0) is 36.8 Å². The molecule has 4 rings (SSSR count). The van der Waals surface area contributed by atoms with Crippen molar-refractivity contribution in [3.05, 3.63) is 66.4 Å². The summed E-state index contributed by atoms with van der Waals surface area (Å²) in [4.78, 5) is 16.8. The smallest absolute Gasteiger partial charge is 0.267 e. The van der Waals surface area contributed by atoms with Crippen LogP contribution in [0, 0.1) is 5.82 Å². The van der Waals surface area contributed by atoms with Gasteiger partial charge in [0.25, 0.3) is 5.91 Å². The maximum atomic E-state index is 13.9. The van der Waals surface area contributed by atoms with E-state index in [-0.39, 0.29) is 11.7 Å². The van der Waals surface area contributed by atoms with Gasteiger partial charge < -0.3 is 14.5 Å². The molecule has 132 valence electrons. The normalized spacial score (nSPS) is 11.3. The lowest BCUT2D eigenvalue weighted by atomic mass is 10.2. The van der Waals surface area contributed by atoms with Crippen LogP contribution in [0.15, 0.2) is 54.9 Å². The highest BCUT2D eigenvalue weighted by Crippen LogP contribution is 2.21. The Morgan fingerprint density at radius 3 is 2.81 bits per heavy atom. The molecule has 0 spiro atoms. The predicted molar refractivity (Wildman–Crippen MR) is 99.6 cm³/mol. The summed E-state index contributed by atoms with van der Waals surface area (Å²) in [6.07, 6.45) is 2.60. The zero-order valence-electron chi connectivity index (χ0n) is 14.4. The third-order valence-electron chi connectivity index (χ3n) is 4.66. The number of para-hydroxylation sites is 2. The topological polar surface area (TPSA) is 51.9 Å². The van der Waals surface area contributed by atoms with Crippen molar-refractivity contribution in [2.24, 2.45) is 7.05 Å². The molecule has 0 fully saturated rings. The number of carbonyl (C=O) groups is 1. The van der Waals surface area contributed by atoms with Crippen molar-refractivity contribution in [3.63, 3.8) is 0 Å². The molecule has 6 heteroatoms. The van der Waals surface area contributed by atoms with Gasteiger partial charge in [-0.3, -0.25) is 4.79 Å². The molecule has 2 aromatic carbocycles. The fraction of sp³-hybridized carbons (Fsp3) is 0.200. The van der Waals surface area contributed by atoms with Crippen molar-refractivity contribution in [2.45, 2.75) is 13.0 Å². The zero-order valence-corrected chi connectivity index (χ0v) is 14.4. The van der Waals surface area contributed by atoms with Gasteiger partial charge in [0.05, 0.1) is 22.9 Å². The highest BCUT2D eigenvalue weighted by molar-refractivity contribution is 5.98. The van der Waals surface area contributed by atoms with E-state index in [4.69, 9.17) is 0 Å². The number of aryl methyl sites for hydroxylation is 2. The summed E-state index contributed by atoms with van der Waals surface area (Å²) in [7, 11) is 1.77. The first-order valence-corrected chi connectivity index (χ1v) is 8.57. The lowest BCUT2D eigenvalue weighted by Crippen LogP contribution is -2.26. The van der Waals surface area contributed by atoms with Gasteiger partial charge in [0.2, 0.25) is 0 Å². The number of halogens is 1. The van der Waals surface area contributed by atoms with E-state index in [1.54, 1.807) is 29.8 Å². The average Bonchev–Trinajstić information content (AvgIpc) is 3.21. The Bertz CT molecular complexity index is 1100.